The molecule has 1 unspecified atom stereocenters. The lowest BCUT2D eigenvalue weighted by molar-refractivity contribution is -0.119. The van der Waals surface area contributed by atoms with Crippen molar-refractivity contribution in [2.45, 2.75) is 12.5 Å². The predicted octanol–water partition coefficient (Wildman–Crippen LogP) is 2.55. The summed E-state index contributed by atoms with van der Waals surface area (Å²) in [5.74, 6) is -0.315. The molecule has 5 heteroatoms. The second-order valence-corrected chi connectivity index (χ2v) is 5.40. The van der Waals surface area contributed by atoms with Crippen molar-refractivity contribution < 1.29 is 9.59 Å². The number of anilines is 1. The van der Waals surface area contributed by atoms with E-state index in [0.717, 1.165) is 5.69 Å². The van der Waals surface area contributed by atoms with Crippen LogP contribution in [0.25, 0.3) is 0 Å². The topological polar surface area (TPSA) is 49.4 Å². The lowest BCUT2D eigenvalue weighted by Gasteiger charge is -2.23. The first-order valence-electron chi connectivity index (χ1n) is 6.94. The largest absolute Gasteiger partial charge is 0.306 e. The average molecular weight is 310 g/mol. The van der Waals surface area contributed by atoms with Crippen LogP contribution < -0.4 is 10.2 Å². The fraction of sp³-hybridized carbons (Fsp3) is 0.118. The molecule has 0 radical (unpaired) electrons. The number of benzene rings is 2. The van der Waals surface area contributed by atoms with Gasteiger partial charge in [-0.1, -0.05) is 48.5 Å². The Kier molecular flexibility index (Phi) is 3.98. The highest BCUT2D eigenvalue weighted by Crippen LogP contribution is 2.23. The van der Waals surface area contributed by atoms with Gasteiger partial charge in [0.1, 0.15) is 6.04 Å². The minimum absolute atomic E-state index is 0.0774. The van der Waals surface area contributed by atoms with Gasteiger partial charge < -0.3 is 10.2 Å². The number of nitrogens with one attached hydrogen (secondary N) is 1. The monoisotopic (exact) mass is 310 g/mol. The van der Waals surface area contributed by atoms with Crippen LogP contribution in [0.5, 0.6) is 0 Å². The maximum absolute atomic E-state index is 12.4. The maximum Gasteiger partial charge on any atom is 0.249 e. The van der Waals surface area contributed by atoms with E-state index in [2.05, 4.69) is 5.32 Å². The number of rotatable bonds is 4. The van der Waals surface area contributed by atoms with Gasteiger partial charge in [-0.05, 0) is 24.4 Å². The molecule has 3 rings (SSSR count). The van der Waals surface area contributed by atoms with Crippen LogP contribution in [0.1, 0.15) is 16.8 Å². The molecule has 1 atom stereocenters. The first-order chi connectivity index (χ1) is 10.7. The Balaban J connectivity index is 1.86. The number of hydrogen-bond acceptors (Lipinski definition) is 3. The van der Waals surface area contributed by atoms with Crippen LogP contribution in [-0.2, 0) is 4.79 Å². The Hall–Kier alpha value is -2.53. The van der Waals surface area contributed by atoms with E-state index in [0.29, 0.717) is 10.7 Å². The number of carbonyl (C=O) groups excluding carboxylic acids is 2. The Morgan fingerprint density at radius 2 is 1.64 bits per heavy atom. The van der Waals surface area contributed by atoms with E-state index in [4.69, 9.17) is 12.2 Å². The second-order valence-electron chi connectivity index (χ2n) is 5.01. The predicted molar refractivity (Wildman–Crippen MR) is 88.8 cm³/mol. The standard InChI is InChI=1S/C17H14N2O2S/c20-15(12-7-3-1-4-8-12)11-14-16(21)18-17(22)19(14)13-9-5-2-6-10-13/h1-10,14H,11H2,(H,18,21,22). The number of Topliss-reactive ketones (excluding diaryl/α,β-unsaturated/α-hetero) is 1. The molecule has 1 heterocycles. The number of thiocarbonyl (C=S) groups is 1. The molecule has 22 heavy (non-hydrogen) atoms. The summed E-state index contributed by atoms with van der Waals surface area (Å²) < 4.78 is 0. The first kappa shape index (κ1) is 14.4. The van der Waals surface area contributed by atoms with E-state index in [-0.39, 0.29) is 18.1 Å². The Morgan fingerprint density at radius 1 is 1.05 bits per heavy atom. The summed E-state index contributed by atoms with van der Waals surface area (Å²) in [6.07, 6.45) is 0.0882. The van der Waals surface area contributed by atoms with Crippen molar-refractivity contribution in [3.8, 4) is 0 Å². The molecule has 110 valence electrons. The van der Waals surface area contributed by atoms with Gasteiger partial charge in [0, 0.05) is 17.7 Å². The normalized spacial score (nSPS) is 17.5. The fourth-order valence-corrected chi connectivity index (χ4v) is 2.83. The molecule has 0 aliphatic carbocycles. The maximum atomic E-state index is 12.4. The summed E-state index contributed by atoms with van der Waals surface area (Å²) in [6, 6.07) is 17.7. The van der Waals surface area contributed by atoms with Crippen molar-refractivity contribution in [3.05, 3.63) is 66.2 Å². The van der Waals surface area contributed by atoms with Gasteiger partial charge in [-0.25, -0.2) is 0 Å². The zero-order valence-corrected chi connectivity index (χ0v) is 12.5. The minimum Gasteiger partial charge on any atom is -0.306 e. The molecular formula is C17H14N2O2S. The highest BCUT2D eigenvalue weighted by atomic mass is 32.1. The molecule has 2 aromatic carbocycles. The van der Waals surface area contributed by atoms with Crippen molar-refractivity contribution in [3.63, 3.8) is 0 Å². The van der Waals surface area contributed by atoms with Crippen molar-refractivity contribution in [2.75, 3.05) is 4.90 Å². The number of carbonyl (C=O) groups is 2. The molecule has 1 N–H and O–H groups in total. The van der Waals surface area contributed by atoms with Crippen molar-refractivity contribution in [1.82, 2.24) is 5.32 Å². The lowest BCUT2D eigenvalue weighted by atomic mass is 10.0. The summed E-state index contributed by atoms with van der Waals surface area (Å²) in [5, 5.41) is 2.97. The number of para-hydroxylation sites is 1. The smallest absolute Gasteiger partial charge is 0.249 e. The molecule has 2 aromatic rings. The van der Waals surface area contributed by atoms with E-state index in [1.165, 1.54) is 0 Å². The number of ketones is 1. The van der Waals surface area contributed by atoms with Gasteiger partial charge in [0.05, 0.1) is 0 Å². The van der Waals surface area contributed by atoms with Crippen molar-refractivity contribution in [2.24, 2.45) is 0 Å². The molecular weight excluding hydrogens is 296 g/mol. The summed E-state index contributed by atoms with van der Waals surface area (Å²) >= 11 is 5.23. The molecule has 0 saturated carbocycles. The highest BCUT2D eigenvalue weighted by molar-refractivity contribution is 7.80. The molecule has 1 aliphatic rings. The summed E-state index contributed by atoms with van der Waals surface area (Å²) in [6.45, 7) is 0. The van der Waals surface area contributed by atoms with Crippen LogP contribution in [0, 0.1) is 0 Å². The molecule has 0 aromatic heterocycles. The Bertz CT molecular complexity index is 716. The van der Waals surface area contributed by atoms with E-state index in [1.54, 1.807) is 17.0 Å². The van der Waals surface area contributed by atoms with E-state index in [1.807, 2.05) is 48.5 Å². The summed E-state index contributed by atoms with van der Waals surface area (Å²) in [7, 11) is 0. The molecule has 0 bridgehead atoms. The van der Waals surface area contributed by atoms with Gasteiger partial charge in [0.15, 0.2) is 10.9 Å². The van der Waals surface area contributed by atoms with Crippen LogP contribution in [0.15, 0.2) is 60.7 Å². The lowest BCUT2D eigenvalue weighted by Crippen LogP contribution is -2.36. The number of hydrogen-bond donors (Lipinski definition) is 1. The summed E-state index contributed by atoms with van der Waals surface area (Å²) in [4.78, 5) is 26.2. The van der Waals surface area contributed by atoms with Gasteiger partial charge in [-0.2, -0.15) is 0 Å². The molecule has 1 fully saturated rings. The minimum atomic E-state index is -0.609. The van der Waals surface area contributed by atoms with Gasteiger partial charge in [-0.3, -0.25) is 9.59 Å². The quantitative estimate of drug-likeness (QED) is 0.696. The zero-order valence-electron chi connectivity index (χ0n) is 11.7. The number of amides is 1. The molecule has 1 aliphatic heterocycles. The number of nitrogens with zero attached hydrogens (tertiary/aromatic N) is 1. The van der Waals surface area contributed by atoms with Crippen molar-refractivity contribution >= 4 is 34.7 Å². The van der Waals surface area contributed by atoms with Gasteiger partial charge in [0.2, 0.25) is 5.91 Å². The third-order valence-corrected chi connectivity index (χ3v) is 3.87. The molecule has 1 saturated heterocycles. The first-order valence-corrected chi connectivity index (χ1v) is 7.35. The summed E-state index contributed by atoms with van der Waals surface area (Å²) in [5.41, 5.74) is 1.40. The van der Waals surface area contributed by atoms with Crippen LogP contribution >= 0.6 is 12.2 Å². The van der Waals surface area contributed by atoms with Gasteiger partial charge in [-0.15, -0.1) is 0 Å². The highest BCUT2D eigenvalue weighted by Gasteiger charge is 2.38. The fourth-order valence-electron chi connectivity index (χ4n) is 2.50. The second kappa shape index (κ2) is 6.07. The Labute approximate surface area is 133 Å². The van der Waals surface area contributed by atoms with Gasteiger partial charge in [0.25, 0.3) is 0 Å². The van der Waals surface area contributed by atoms with E-state index >= 15 is 0 Å². The van der Waals surface area contributed by atoms with Crippen LogP contribution in [0.4, 0.5) is 5.69 Å². The van der Waals surface area contributed by atoms with E-state index in [9.17, 15) is 9.59 Å². The Morgan fingerprint density at radius 3 is 2.27 bits per heavy atom. The average Bonchev–Trinajstić information content (AvgIpc) is 2.83. The third-order valence-electron chi connectivity index (χ3n) is 3.57. The van der Waals surface area contributed by atoms with Crippen LogP contribution in [-0.4, -0.2) is 22.8 Å². The SMILES string of the molecule is O=C(CC1C(=O)NC(=S)N1c1ccccc1)c1ccccc1. The molecule has 0 spiro atoms. The van der Waals surface area contributed by atoms with E-state index < -0.39 is 6.04 Å². The van der Waals surface area contributed by atoms with Crippen LogP contribution in [0.3, 0.4) is 0 Å². The molecule has 1 amide bonds. The zero-order chi connectivity index (χ0) is 15.5. The van der Waals surface area contributed by atoms with Crippen molar-refractivity contribution in [1.29, 1.82) is 0 Å². The van der Waals surface area contributed by atoms with Gasteiger partial charge >= 0.3 is 0 Å². The van der Waals surface area contributed by atoms with Crippen LogP contribution in [0.2, 0.25) is 0 Å². The molecule has 4 nitrogen and oxygen atoms in total. The third kappa shape index (κ3) is 2.76.